The fraction of sp³-hybridized carbons (Fsp3) is 0.655. The largest absolute Gasteiger partial charge is 0.489 e. The van der Waals surface area contributed by atoms with E-state index in [1.807, 2.05) is 33.2 Å². The van der Waals surface area contributed by atoms with E-state index in [2.05, 4.69) is 10.1 Å². The van der Waals surface area contributed by atoms with Crippen molar-refractivity contribution < 1.29 is 28.5 Å². The first-order valence-electron chi connectivity index (χ1n) is 14.1. The molecule has 0 bridgehead atoms. The van der Waals surface area contributed by atoms with Crippen molar-refractivity contribution in [3.05, 3.63) is 30.2 Å². The lowest BCUT2D eigenvalue weighted by atomic mass is 9.87. The van der Waals surface area contributed by atoms with Crippen LogP contribution in [0.4, 0.5) is 4.79 Å². The van der Waals surface area contributed by atoms with Crippen molar-refractivity contribution >= 4 is 12.1 Å². The molecule has 39 heavy (non-hydrogen) atoms. The number of rotatable bonds is 11. The molecule has 4 rings (SSSR count). The monoisotopic (exact) mass is 542 g/mol. The Hall–Kier alpha value is -3.14. The molecule has 2 saturated carbocycles. The highest BCUT2D eigenvalue weighted by molar-refractivity contribution is 5.72. The van der Waals surface area contributed by atoms with E-state index in [1.165, 1.54) is 0 Å². The summed E-state index contributed by atoms with van der Waals surface area (Å²) in [5.41, 5.74) is 2.31. The molecule has 3 atom stereocenters. The SMILES string of the molecule is COCCC(C)OC(=O)[C@H]1CCC[C@H](Oc2ccc(-c3cnn(C)c3COC(=O)N(C)C3CCCC3)nc2)C1. The minimum absolute atomic E-state index is 0.0662. The second kappa shape index (κ2) is 13.8. The number of hydrogen-bond acceptors (Lipinski definition) is 8. The number of hydrogen-bond donors (Lipinski definition) is 0. The fourth-order valence-corrected chi connectivity index (χ4v) is 5.43. The maximum Gasteiger partial charge on any atom is 0.410 e. The van der Waals surface area contributed by atoms with Crippen LogP contribution in [0, 0.1) is 5.92 Å². The van der Waals surface area contributed by atoms with Gasteiger partial charge in [0.05, 0.1) is 35.8 Å². The number of ether oxygens (including phenoxy) is 4. The van der Waals surface area contributed by atoms with Crippen molar-refractivity contribution in [2.45, 2.75) is 89.6 Å². The molecule has 2 aromatic heterocycles. The Morgan fingerprint density at radius 1 is 1.13 bits per heavy atom. The van der Waals surface area contributed by atoms with Crippen LogP contribution in [0.15, 0.2) is 24.5 Å². The van der Waals surface area contributed by atoms with E-state index in [0.29, 0.717) is 25.2 Å². The summed E-state index contributed by atoms with van der Waals surface area (Å²) in [6.45, 7) is 2.58. The Labute approximate surface area is 231 Å². The minimum atomic E-state index is -0.315. The number of aromatic nitrogens is 3. The Bertz CT molecular complexity index is 1080. The molecule has 0 radical (unpaired) electrons. The normalized spacial score (nSPS) is 20.4. The van der Waals surface area contributed by atoms with E-state index in [1.54, 1.807) is 29.1 Å². The maximum absolute atomic E-state index is 12.6. The Kier molecular flexibility index (Phi) is 10.2. The molecule has 2 aromatic rings. The molecule has 0 spiro atoms. The first-order chi connectivity index (χ1) is 18.9. The summed E-state index contributed by atoms with van der Waals surface area (Å²) in [6, 6.07) is 4.02. The summed E-state index contributed by atoms with van der Waals surface area (Å²) < 4.78 is 24.2. The van der Waals surface area contributed by atoms with Gasteiger partial charge in [-0.3, -0.25) is 14.5 Å². The van der Waals surface area contributed by atoms with Crippen molar-refractivity contribution in [2.24, 2.45) is 13.0 Å². The van der Waals surface area contributed by atoms with E-state index < -0.39 is 0 Å². The molecular formula is C29H42N4O6. The molecule has 0 aliphatic heterocycles. The zero-order chi connectivity index (χ0) is 27.8. The van der Waals surface area contributed by atoms with E-state index in [0.717, 1.165) is 61.9 Å². The standard InChI is InChI=1S/C29H42N4O6/c1-20(14-15-36-4)38-28(34)21-8-7-11-23(16-21)39-24-12-13-26(30-17-24)25-18-31-33(3)27(25)19-37-29(35)32(2)22-9-5-6-10-22/h12-13,17-18,20-23H,5-11,14-16,19H2,1-4H3/t20?,21-,23-/m0/s1. The number of methoxy groups -OCH3 is 1. The first kappa shape index (κ1) is 28.9. The Morgan fingerprint density at radius 2 is 1.92 bits per heavy atom. The van der Waals surface area contributed by atoms with Crippen molar-refractivity contribution in [3.63, 3.8) is 0 Å². The van der Waals surface area contributed by atoms with Gasteiger partial charge in [0, 0.05) is 45.8 Å². The van der Waals surface area contributed by atoms with Crippen LogP contribution in [0.5, 0.6) is 5.75 Å². The molecule has 0 N–H and O–H groups in total. The quantitative estimate of drug-likeness (QED) is 0.369. The highest BCUT2D eigenvalue weighted by Crippen LogP contribution is 2.30. The lowest BCUT2D eigenvalue weighted by Gasteiger charge is -2.29. The number of esters is 1. The smallest absolute Gasteiger partial charge is 0.410 e. The fourth-order valence-electron chi connectivity index (χ4n) is 5.43. The van der Waals surface area contributed by atoms with Gasteiger partial charge in [-0.2, -0.15) is 5.10 Å². The zero-order valence-corrected chi connectivity index (χ0v) is 23.6. The predicted molar refractivity (Wildman–Crippen MR) is 145 cm³/mol. The summed E-state index contributed by atoms with van der Waals surface area (Å²) in [5.74, 6) is 0.343. The van der Waals surface area contributed by atoms with Gasteiger partial charge in [-0.15, -0.1) is 0 Å². The van der Waals surface area contributed by atoms with Gasteiger partial charge in [0.25, 0.3) is 0 Å². The third-order valence-corrected chi connectivity index (χ3v) is 7.87. The van der Waals surface area contributed by atoms with Gasteiger partial charge < -0.3 is 23.8 Å². The molecule has 10 nitrogen and oxygen atoms in total. The van der Waals surface area contributed by atoms with Crippen LogP contribution in [-0.4, -0.2) is 70.7 Å². The van der Waals surface area contributed by atoms with Crippen molar-refractivity contribution in [1.29, 1.82) is 0 Å². The summed E-state index contributed by atoms with van der Waals surface area (Å²) in [5, 5.41) is 4.36. The molecule has 2 aliphatic rings. The third-order valence-electron chi connectivity index (χ3n) is 7.87. The highest BCUT2D eigenvalue weighted by Gasteiger charge is 2.30. The number of carbonyl (C=O) groups is 2. The number of pyridine rings is 1. The molecule has 2 fully saturated rings. The number of carbonyl (C=O) groups excluding carboxylic acids is 2. The van der Waals surface area contributed by atoms with Crippen LogP contribution in [0.3, 0.4) is 0 Å². The molecule has 2 aliphatic carbocycles. The minimum Gasteiger partial charge on any atom is -0.489 e. The topological polar surface area (TPSA) is 105 Å². The summed E-state index contributed by atoms with van der Waals surface area (Å²) in [6.07, 6.45) is 11.2. The van der Waals surface area contributed by atoms with E-state index in [-0.39, 0.29) is 42.8 Å². The molecule has 1 unspecified atom stereocenters. The van der Waals surface area contributed by atoms with Gasteiger partial charge in [0.15, 0.2) is 0 Å². The van der Waals surface area contributed by atoms with E-state index >= 15 is 0 Å². The molecule has 0 aromatic carbocycles. The van der Waals surface area contributed by atoms with Gasteiger partial charge in [0.2, 0.25) is 0 Å². The van der Waals surface area contributed by atoms with Gasteiger partial charge in [-0.1, -0.05) is 12.8 Å². The van der Waals surface area contributed by atoms with Gasteiger partial charge >= 0.3 is 12.1 Å². The summed E-state index contributed by atoms with van der Waals surface area (Å²) in [7, 11) is 5.28. The van der Waals surface area contributed by atoms with Gasteiger partial charge in [-0.05, 0) is 57.6 Å². The highest BCUT2D eigenvalue weighted by atomic mass is 16.6. The van der Waals surface area contributed by atoms with Crippen molar-refractivity contribution in [1.82, 2.24) is 19.7 Å². The second-order valence-electron chi connectivity index (χ2n) is 10.7. The molecule has 214 valence electrons. The van der Waals surface area contributed by atoms with Crippen LogP contribution in [0.2, 0.25) is 0 Å². The molecule has 0 saturated heterocycles. The first-order valence-corrected chi connectivity index (χ1v) is 14.1. The van der Waals surface area contributed by atoms with E-state index in [9.17, 15) is 9.59 Å². The summed E-state index contributed by atoms with van der Waals surface area (Å²) >= 11 is 0. The molecule has 10 heteroatoms. The number of nitrogens with zero attached hydrogens (tertiary/aromatic N) is 4. The summed E-state index contributed by atoms with van der Waals surface area (Å²) in [4.78, 5) is 31.5. The van der Waals surface area contributed by atoms with Crippen LogP contribution >= 0.6 is 0 Å². The lowest BCUT2D eigenvalue weighted by Crippen LogP contribution is -2.35. The van der Waals surface area contributed by atoms with Crippen molar-refractivity contribution in [2.75, 3.05) is 20.8 Å². The van der Waals surface area contributed by atoms with Crippen LogP contribution in [0.25, 0.3) is 11.3 Å². The Morgan fingerprint density at radius 3 is 2.64 bits per heavy atom. The molecule has 2 heterocycles. The van der Waals surface area contributed by atoms with Crippen LogP contribution < -0.4 is 4.74 Å². The Balaban J connectivity index is 1.32. The van der Waals surface area contributed by atoms with Gasteiger partial charge in [-0.25, -0.2) is 4.79 Å². The molecule has 1 amide bonds. The third kappa shape index (κ3) is 7.71. The number of amides is 1. The maximum atomic E-state index is 12.6. The van der Waals surface area contributed by atoms with E-state index in [4.69, 9.17) is 18.9 Å². The average Bonchev–Trinajstić information content (AvgIpc) is 3.61. The molecular weight excluding hydrogens is 500 g/mol. The predicted octanol–water partition coefficient (Wildman–Crippen LogP) is 4.90. The number of aryl methyl sites for hydroxylation is 1. The van der Waals surface area contributed by atoms with Crippen LogP contribution in [0.1, 0.15) is 70.4 Å². The lowest BCUT2D eigenvalue weighted by molar-refractivity contribution is -0.156. The second-order valence-corrected chi connectivity index (χ2v) is 10.7. The van der Waals surface area contributed by atoms with Crippen molar-refractivity contribution in [3.8, 4) is 17.0 Å². The van der Waals surface area contributed by atoms with Gasteiger partial charge in [0.1, 0.15) is 18.5 Å². The zero-order valence-electron chi connectivity index (χ0n) is 23.6. The van der Waals surface area contributed by atoms with Crippen LogP contribution in [-0.2, 0) is 32.7 Å². The average molecular weight is 543 g/mol.